The molecular formula is C29H24N8O. The maximum Gasteiger partial charge on any atom is 0.227 e. The third kappa shape index (κ3) is 3.98. The Morgan fingerprint density at radius 2 is 1.84 bits per heavy atom. The quantitative estimate of drug-likeness (QED) is 0.277. The van der Waals surface area contributed by atoms with Crippen LogP contribution in [0.2, 0.25) is 0 Å². The summed E-state index contributed by atoms with van der Waals surface area (Å²) in [4.78, 5) is 34.4. The van der Waals surface area contributed by atoms with Crippen LogP contribution in [-0.2, 0) is 4.79 Å². The third-order valence-corrected chi connectivity index (χ3v) is 7.15. The molecule has 9 nitrogen and oxygen atoms in total. The van der Waals surface area contributed by atoms with Gasteiger partial charge in [0.25, 0.3) is 0 Å². The molecular weight excluding hydrogens is 476 g/mol. The molecule has 0 saturated heterocycles. The van der Waals surface area contributed by atoms with E-state index in [9.17, 15) is 4.79 Å². The Hall–Kier alpha value is -4.92. The van der Waals surface area contributed by atoms with Crippen LogP contribution in [0.5, 0.6) is 0 Å². The first-order chi connectivity index (χ1) is 18.7. The predicted octanol–water partition coefficient (Wildman–Crippen LogP) is 5.75. The number of benzene rings is 1. The number of H-pyrrole nitrogens is 2. The monoisotopic (exact) mass is 500 g/mol. The maximum atomic E-state index is 12.6. The van der Waals surface area contributed by atoms with Crippen LogP contribution in [0.3, 0.4) is 0 Å². The van der Waals surface area contributed by atoms with E-state index in [-0.39, 0.29) is 11.8 Å². The van der Waals surface area contributed by atoms with E-state index in [2.05, 4.69) is 35.5 Å². The lowest BCUT2D eigenvalue weighted by atomic mass is 10.1. The Labute approximate surface area is 217 Å². The molecule has 0 atom stereocenters. The molecule has 0 bridgehead atoms. The molecule has 9 heteroatoms. The van der Waals surface area contributed by atoms with Gasteiger partial charge in [-0.25, -0.2) is 4.98 Å². The van der Waals surface area contributed by atoms with Gasteiger partial charge in [0.05, 0.1) is 46.0 Å². The highest BCUT2D eigenvalue weighted by Gasteiger charge is 2.23. The average molecular weight is 501 g/mol. The average Bonchev–Trinajstić information content (AvgIpc) is 3.73. The number of nitrogens with zero attached hydrogens (tertiary/aromatic N) is 5. The Balaban J connectivity index is 1.25. The molecule has 1 aliphatic carbocycles. The Morgan fingerprint density at radius 1 is 0.921 bits per heavy atom. The van der Waals surface area contributed by atoms with Gasteiger partial charge < -0.3 is 10.3 Å². The minimum atomic E-state index is 0.0666. The summed E-state index contributed by atoms with van der Waals surface area (Å²) in [5, 5.41) is 11.5. The van der Waals surface area contributed by atoms with Crippen LogP contribution >= 0.6 is 0 Å². The molecule has 0 unspecified atom stereocenters. The van der Waals surface area contributed by atoms with Gasteiger partial charge in [0.15, 0.2) is 5.82 Å². The standard InChI is InChI=1S/C29H24N8O/c38-29(17-6-1-2-7-17)33-19-12-18(14-30-15-19)24-13-21-25(16-32-24)36-37-27(21)28-34-23-10-5-8-20(26(23)35-28)22-9-3-4-11-31-22/h3-5,8-17H,1-2,6-7H2,(H,33,38)(H,34,35)(H,36,37). The van der Waals surface area contributed by atoms with E-state index in [1.807, 2.05) is 48.5 Å². The fourth-order valence-electron chi connectivity index (χ4n) is 5.21. The molecule has 38 heavy (non-hydrogen) atoms. The molecule has 7 rings (SSSR count). The number of nitrogens with one attached hydrogen (secondary N) is 3. The van der Waals surface area contributed by atoms with Gasteiger partial charge in [-0.15, -0.1) is 0 Å². The van der Waals surface area contributed by atoms with Gasteiger partial charge in [-0.2, -0.15) is 5.10 Å². The van der Waals surface area contributed by atoms with E-state index < -0.39 is 0 Å². The maximum absolute atomic E-state index is 12.6. The zero-order chi connectivity index (χ0) is 25.5. The van der Waals surface area contributed by atoms with Gasteiger partial charge >= 0.3 is 0 Å². The molecule has 3 N–H and O–H groups in total. The second-order valence-corrected chi connectivity index (χ2v) is 9.62. The topological polar surface area (TPSA) is 125 Å². The lowest BCUT2D eigenvalue weighted by molar-refractivity contribution is -0.119. The first-order valence-electron chi connectivity index (χ1n) is 12.7. The Morgan fingerprint density at radius 3 is 2.71 bits per heavy atom. The van der Waals surface area contributed by atoms with Crippen molar-refractivity contribution in [2.45, 2.75) is 25.7 Å². The molecule has 5 heterocycles. The first kappa shape index (κ1) is 22.3. The van der Waals surface area contributed by atoms with Crippen molar-refractivity contribution in [3.8, 4) is 34.0 Å². The second-order valence-electron chi connectivity index (χ2n) is 9.62. The highest BCUT2D eigenvalue weighted by atomic mass is 16.1. The van der Waals surface area contributed by atoms with E-state index >= 15 is 0 Å². The number of amides is 1. The summed E-state index contributed by atoms with van der Waals surface area (Å²) in [5.41, 5.74) is 7.27. The molecule has 6 aromatic rings. The van der Waals surface area contributed by atoms with E-state index in [0.29, 0.717) is 17.2 Å². The molecule has 0 aliphatic heterocycles. The van der Waals surface area contributed by atoms with Crippen molar-refractivity contribution in [3.05, 3.63) is 73.3 Å². The van der Waals surface area contributed by atoms with E-state index in [1.54, 1.807) is 24.8 Å². The van der Waals surface area contributed by atoms with Crippen LogP contribution in [0.15, 0.2) is 73.3 Å². The van der Waals surface area contributed by atoms with E-state index in [0.717, 1.165) is 70.1 Å². The van der Waals surface area contributed by atoms with Crippen molar-refractivity contribution in [3.63, 3.8) is 0 Å². The molecule has 1 aliphatic rings. The van der Waals surface area contributed by atoms with Crippen molar-refractivity contribution >= 4 is 33.5 Å². The smallest absolute Gasteiger partial charge is 0.227 e. The summed E-state index contributed by atoms with van der Waals surface area (Å²) in [7, 11) is 0. The van der Waals surface area contributed by atoms with Crippen molar-refractivity contribution in [1.82, 2.24) is 35.1 Å². The number of anilines is 1. The fourth-order valence-corrected chi connectivity index (χ4v) is 5.21. The fraction of sp³-hybridized carbons (Fsp3) is 0.172. The number of fused-ring (bicyclic) bond motifs is 2. The van der Waals surface area contributed by atoms with Gasteiger partial charge in [0.1, 0.15) is 5.69 Å². The largest absolute Gasteiger partial charge is 0.337 e. The van der Waals surface area contributed by atoms with Gasteiger partial charge in [0, 0.05) is 34.8 Å². The predicted molar refractivity (Wildman–Crippen MR) is 146 cm³/mol. The first-order valence-corrected chi connectivity index (χ1v) is 12.7. The van der Waals surface area contributed by atoms with Gasteiger partial charge in [-0.05, 0) is 43.2 Å². The van der Waals surface area contributed by atoms with Crippen molar-refractivity contribution in [1.29, 1.82) is 0 Å². The van der Waals surface area contributed by atoms with Gasteiger partial charge in [-0.1, -0.05) is 31.0 Å². The molecule has 1 fully saturated rings. The summed E-state index contributed by atoms with van der Waals surface area (Å²) >= 11 is 0. The lowest BCUT2D eigenvalue weighted by Gasteiger charge is -2.11. The van der Waals surface area contributed by atoms with Crippen LogP contribution in [0.4, 0.5) is 5.69 Å². The number of aromatic amines is 2. The molecule has 186 valence electrons. The number of para-hydroxylation sites is 1. The number of imidazole rings is 1. The minimum Gasteiger partial charge on any atom is -0.337 e. The van der Waals surface area contributed by atoms with Crippen LogP contribution in [-0.4, -0.2) is 41.0 Å². The zero-order valence-electron chi connectivity index (χ0n) is 20.5. The summed E-state index contributed by atoms with van der Waals surface area (Å²) in [6, 6.07) is 15.7. The number of carbonyl (C=O) groups excluding carboxylic acids is 1. The zero-order valence-corrected chi connectivity index (χ0v) is 20.5. The van der Waals surface area contributed by atoms with Crippen molar-refractivity contribution in [2.24, 2.45) is 5.92 Å². The van der Waals surface area contributed by atoms with E-state index in [4.69, 9.17) is 4.98 Å². The SMILES string of the molecule is O=C(Nc1cncc(-c2cc3c(-c4nc5c(-c6ccccn6)cccc5[nH]4)n[nH]c3cn2)c1)C1CCCC1. The third-order valence-electron chi connectivity index (χ3n) is 7.15. The van der Waals surface area contributed by atoms with Crippen LogP contribution in [0.1, 0.15) is 25.7 Å². The number of pyridine rings is 3. The summed E-state index contributed by atoms with van der Waals surface area (Å²) in [6.07, 6.45) is 11.1. The van der Waals surface area contributed by atoms with Crippen LogP contribution in [0.25, 0.3) is 56.0 Å². The number of rotatable bonds is 5. The number of aromatic nitrogens is 7. The van der Waals surface area contributed by atoms with Gasteiger partial charge in [0.2, 0.25) is 5.91 Å². The molecule has 5 aromatic heterocycles. The van der Waals surface area contributed by atoms with Gasteiger partial charge in [-0.3, -0.25) is 24.8 Å². The molecule has 1 saturated carbocycles. The van der Waals surface area contributed by atoms with Crippen molar-refractivity contribution < 1.29 is 4.79 Å². The second kappa shape index (κ2) is 9.19. The Bertz CT molecular complexity index is 1780. The molecule has 0 spiro atoms. The number of hydrogen-bond donors (Lipinski definition) is 3. The Kier molecular flexibility index (Phi) is 5.39. The van der Waals surface area contributed by atoms with E-state index in [1.165, 1.54) is 0 Å². The number of hydrogen-bond acceptors (Lipinski definition) is 6. The molecule has 0 radical (unpaired) electrons. The minimum absolute atomic E-state index is 0.0666. The lowest BCUT2D eigenvalue weighted by Crippen LogP contribution is -2.20. The van der Waals surface area contributed by atoms with Crippen LogP contribution in [0, 0.1) is 5.92 Å². The summed E-state index contributed by atoms with van der Waals surface area (Å²) in [5.74, 6) is 0.808. The summed E-state index contributed by atoms with van der Waals surface area (Å²) in [6.45, 7) is 0. The highest BCUT2D eigenvalue weighted by molar-refractivity contribution is 5.98. The molecule has 1 amide bonds. The molecule has 1 aromatic carbocycles. The highest BCUT2D eigenvalue weighted by Crippen LogP contribution is 2.32. The number of carbonyl (C=O) groups is 1. The summed E-state index contributed by atoms with van der Waals surface area (Å²) < 4.78 is 0. The normalized spacial score (nSPS) is 13.9. The van der Waals surface area contributed by atoms with Crippen molar-refractivity contribution in [2.75, 3.05) is 5.32 Å². The van der Waals surface area contributed by atoms with Crippen LogP contribution < -0.4 is 5.32 Å².